The van der Waals surface area contributed by atoms with E-state index in [1.165, 1.54) is 12.5 Å². The third kappa shape index (κ3) is 3.40. The zero-order valence-electron chi connectivity index (χ0n) is 17.4. The van der Waals surface area contributed by atoms with Gasteiger partial charge in [-0.25, -0.2) is 0 Å². The summed E-state index contributed by atoms with van der Waals surface area (Å²) in [4.78, 5) is 4.07. The van der Waals surface area contributed by atoms with Crippen molar-refractivity contribution in [1.29, 1.82) is 0 Å². The van der Waals surface area contributed by atoms with Crippen LogP contribution in [0.3, 0.4) is 0 Å². The summed E-state index contributed by atoms with van der Waals surface area (Å²) in [6, 6.07) is 1.39. The molecule has 0 unspecified atom stereocenters. The first-order valence-electron chi connectivity index (χ1n) is 9.12. The molecule has 0 nitrogen and oxygen atoms in total. The van der Waals surface area contributed by atoms with Crippen molar-refractivity contribution in [2.75, 3.05) is 0 Å². The van der Waals surface area contributed by atoms with Gasteiger partial charge >= 0.3 is 0 Å². The van der Waals surface area contributed by atoms with E-state index in [-0.39, 0.29) is 0 Å². The quantitative estimate of drug-likeness (QED) is 0.467. The van der Waals surface area contributed by atoms with Crippen molar-refractivity contribution < 1.29 is 0 Å². The molecule has 0 aromatic carbocycles. The van der Waals surface area contributed by atoms with E-state index in [0.29, 0.717) is 0 Å². The smallest absolute Gasteiger partial charge is 0.0875 e. The molecular weight excluding hydrogens is 329 g/mol. The second kappa shape index (κ2) is 6.01. The Kier molecular flexibility index (Phi) is 5.57. The third-order valence-electron chi connectivity index (χ3n) is 5.52. The minimum absolute atomic E-state index is 1.25. The van der Waals surface area contributed by atoms with Gasteiger partial charge in [-0.05, 0) is 6.42 Å². The van der Waals surface area contributed by atoms with Crippen molar-refractivity contribution in [3.8, 4) is 0 Å². The fourth-order valence-electron chi connectivity index (χ4n) is 5.07. The molecule has 0 saturated heterocycles. The van der Waals surface area contributed by atoms with E-state index in [0.717, 1.165) is 0 Å². The second-order valence-corrected chi connectivity index (χ2v) is 30.5. The molecule has 0 amide bonds. The fourth-order valence-corrected chi connectivity index (χ4v) is 31.9. The first-order valence-corrected chi connectivity index (χ1v) is 22.3. The van der Waals surface area contributed by atoms with Crippen LogP contribution in [0, 0.1) is 0 Å². The zero-order chi connectivity index (χ0) is 17.7. The topological polar surface area (TPSA) is 0 Å². The van der Waals surface area contributed by atoms with Crippen LogP contribution in [0.2, 0.25) is 71.5 Å². The maximum absolute atomic E-state index is 2.69. The number of hydrogen-bond acceptors (Lipinski definition) is 0. The Morgan fingerprint density at radius 1 is 0.727 bits per heavy atom. The molecule has 128 valence electrons. The van der Waals surface area contributed by atoms with Gasteiger partial charge in [0.2, 0.25) is 0 Å². The summed E-state index contributed by atoms with van der Waals surface area (Å²) in [5.41, 5.74) is 1.87. The second-order valence-electron chi connectivity index (χ2n) is 10.3. The molecule has 1 aliphatic heterocycles. The summed E-state index contributed by atoms with van der Waals surface area (Å²) in [6.07, 6.45) is 1.27. The van der Waals surface area contributed by atoms with E-state index in [2.05, 4.69) is 79.3 Å². The lowest BCUT2D eigenvalue weighted by atomic mass is 10.2. The van der Waals surface area contributed by atoms with E-state index in [1.807, 2.05) is 20.4 Å². The van der Waals surface area contributed by atoms with Gasteiger partial charge in [0.1, 0.15) is 0 Å². The van der Waals surface area contributed by atoms with Gasteiger partial charge in [-0.1, -0.05) is 106 Å². The van der Waals surface area contributed by atoms with Crippen molar-refractivity contribution in [2.24, 2.45) is 0 Å². The highest BCUT2D eigenvalue weighted by Crippen LogP contribution is 2.50. The van der Waals surface area contributed by atoms with E-state index in [4.69, 9.17) is 0 Å². The molecule has 0 atom stereocenters. The molecule has 0 fully saturated rings. The maximum Gasteiger partial charge on any atom is 0.0945 e. The highest BCUT2D eigenvalue weighted by Gasteiger charge is 2.51. The van der Waals surface area contributed by atoms with Gasteiger partial charge in [-0.3, -0.25) is 0 Å². The molecule has 1 heterocycles. The number of allylic oxidation sites excluding steroid dienone is 2. The molecular formula is C18H40Si4. The Hall–Kier alpha value is 0.348. The summed E-state index contributed by atoms with van der Waals surface area (Å²) in [7, 11) is -5.25. The van der Waals surface area contributed by atoms with E-state index in [9.17, 15) is 0 Å². The van der Waals surface area contributed by atoms with Gasteiger partial charge < -0.3 is 0 Å². The summed E-state index contributed by atoms with van der Waals surface area (Å²) in [5.74, 6) is 0. The van der Waals surface area contributed by atoms with E-state index < -0.39 is 32.3 Å². The van der Waals surface area contributed by atoms with E-state index in [1.54, 1.807) is 0 Å². The van der Waals surface area contributed by atoms with Crippen LogP contribution >= 0.6 is 0 Å². The minimum atomic E-state index is -1.43. The van der Waals surface area contributed by atoms with Gasteiger partial charge in [-0.15, -0.1) is 0 Å². The van der Waals surface area contributed by atoms with Crippen molar-refractivity contribution in [1.82, 2.24) is 0 Å². The predicted octanol–water partition coefficient (Wildman–Crippen LogP) is 6.81. The largest absolute Gasteiger partial charge is 0.0945 e. The highest BCUT2D eigenvalue weighted by atomic mass is 28.4. The molecule has 0 spiro atoms. The first kappa shape index (κ1) is 20.4. The van der Waals surface area contributed by atoms with Crippen molar-refractivity contribution in [2.45, 2.75) is 91.8 Å². The molecule has 0 aromatic heterocycles. The van der Waals surface area contributed by atoms with Crippen LogP contribution in [-0.4, -0.2) is 32.3 Å². The van der Waals surface area contributed by atoms with Crippen LogP contribution in [-0.2, 0) is 0 Å². The van der Waals surface area contributed by atoms with Crippen molar-refractivity contribution >= 4 is 32.3 Å². The standard InChI is InChI=1S/C18H40Si4/c1-13-15-16(21(9,10)14-2)18(20(6,7)8)22(11,12)17(15)19(3,4)5/h13-14H2,1-12H3. The average molecular weight is 369 g/mol. The Morgan fingerprint density at radius 3 is 1.41 bits per heavy atom. The average Bonchev–Trinajstić information content (AvgIpc) is 2.55. The Morgan fingerprint density at radius 2 is 1.14 bits per heavy atom. The maximum atomic E-state index is 2.69. The summed E-state index contributed by atoms with van der Waals surface area (Å²) < 4.78 is 0. The van der Waals surface area contributed by atoms with Gasteiger partial charge in [0.25, 0.3) is 0 Å². The summed E-state index contributed by atoms with van der Waals surface area (Å²) in [6.45, 7) is 31.1. The van der Waals surface area contributed by atoms with Crippen LogP contribution in [0.1, 0.15) is 20.3 Å². The molecule has 1 rings (SSSR count). The van der Waals surface area contributed by atoms with Crippen LogP contribution in [0.4, 0.5) is 0 Å². The van der Waals surface area contributed by atoms with Gasteiger partial charge in [0.15, 0.2) is 0 Å². The van der Waals surface area contributed by atoms with Crippen LogP contribution in [0.5, 0.6) is 0 Å². The Labute approximate surface area is 144 Å². The summed E-state index contributed by atoms with van der Waals surface area (Å²) >= 11 is 0. The van der Waals surface area contributed by atoms with Crippen LogP contribution < -0.4 is 0 Å². The molecule has 0 saturated carbocycles. The Bertz CT molecular complexity index is 508. The summed E-state index contributed by atoms with van der Waals surface area (Å²) in [5, 5.41) is 1.96. The molecule has 0 aromatic rings. The first-order chi connectivity index (χ1) is 9.62. The molecule has 4 heteroatoms. The lowest BCUT2D eigenvalue weighted by molar-refractivity contribution is 1.13. The number of rotatable bonds is 5. The molecule has 0 aliphatic carbocycles. The van der Waals surface area contributed by atoms with Crippen molar-refractivity contribution in [3.05, 3.63) is 20.4 Å². The third-order valence-corrected chi connectivity index (χ3v) is 24.5. The highest BCUT2D eigenvalue weighted by molar-refractivity contribution is 7.18. The number of hydrogen-bond donors (Lipinski definition) is 0. The Balaban J connectivity index is 3.89. The minimum Gasteiger partial charge on any atom is -0.0875 e. The van der Waals surface area contributed by atoms with Gasteiger partial charge in [0, 0.05) is 0 Å². The SMILES string of the molecule is CCC1=C([Si](C)(C)C)[Si](C)(C)C([Si](C)(C)C)=C1[Si](C)(C)CC. The monoisotopic (exact) mass is 368 g/mol. The lowest BCUT2D eigenvalue weighted by Crippen LogP contribution is -2.49. The van der Waals surface area contributed by atoms with Crippen molar-refractivity contribution in [3.63, 3.8) is 0 Å². The van der Waals surface area contributed by atoms with Gasteiger partial charge in [-0.2, -0.15) is 0 Å². The molecule has 0 bridgehead atoms. The normalized spacial score (nSPS) is 20.2. The lowest BCUT2D eigenvalue weighted by Gasteiger charge is -2.38. The molecule has 22 heavy (non-hydrogen) atoms. The molecule has 0 N–H and O–H groups in total. The molecule has 1 aliphatic rings. The molecule has 0 radical (unpaired) electrons. The van der Waals surface area contributed by atoms with Gasteiger partial charge in [0.05, 0.1) is 32.3 Å². The van der Waals surface area contributed by atoms with Crippen LogP contribution in [0.25, 0.3) is 0 Å². The van der Waals surface area contributed by atoms with E-state index >= 15 is 0 Å². The fraction of sp³-hybridized carbons (Fsp3) is 0.778. The predicted molar refractivity (Wildman–Crippen MR) is 116 cm³/mol. The zero-order valence-corrected chi connectivity index (χ0v) is 21.4. The van der Waals surface area contributed by atoms with Crippen LogP contribution in [0.15, 0.2) is 20.4 Å².